The third-order valence-electron chi connectivity index (χ3n) is 2.00. The van der Waals surface area contributed by atoms with E-state index in [9.17, 15) is 8.78 Å². The smallest absolute Gasteiger partial charge is 0.249 e. The predicted molar refractivity (Wildman–Crippen MR) is 40.7 cm³/mol. The van der Waals surface area contributed by atoms with Crippen LogP contribution in [0.1, 0.15) is 24.6 Å². The highest BCUT2D eigenvalue weighted by atomic mass is 32.1. The quantitative estimate of drug-likeness (QED) is 0.666. The molecule has 12 heavy (non-hydrogen) atoms. The minimum absolute atomic E-state index is 0.122. The van der Waals surface area contributed by atoms with Crippen LogP contribution in [0.2, 0.25) is 0 Å². The fraction of sp³-hybridized carbons (Fsp3) is 0.667. The lowest BCUT2D eigenvalue weighted by molar-refractivity contribution is -0.0884. The number of aromatic nitrogens is 3. The Bertz CT molecular complexity index is 335. The molecule has 1 fully saturated rings. The van der Waals surface area contributed by atoms with Crippen LogP contribution >= 0.6 is 12.2 Å². The van der Waals surface area contributed by atoms with E-state index in [0.29, 0.717) is 10.6 Å². The molecule has 0 saturated heterocycles. The molecule has 66 valence electrons. The molecule has 2 rings (SSSR count). The Labute approximate surface area is 72.2 Å². The first-order valence-electron chi connectivity index (χ1n) is 3.59. The van der Waals surface area contributed by atoms with Crippen molar-refractivity contribution in [2.24, 2.45) is 0 Å². The maximum Gasteiger partial charge on any atom is 0.249 e. The van der Waals surface area contributed by atoms with Crippen LogP contribution in [0.25, 0.3) is 0 Å². The van der Waals surface area contributed by atoms with Gasteiger partial charge in [-0.2, -0.15) is 0 Å². The van der Waals surface area contributed by atoms with E-state index in [-0.39, 0.29) is 18.8 Å². The molecule has 1 aliphatic rings. The number of rotatable bonds is 1. The van der Waals surface area contributed by atoms with Crippen LogP contribution in [-0.2, 0) is 0 Å². The first kappa shape index (κ1) is 7.85. The van der Waals surface area contributed by atoms with Crippen molar-refractivity contribution in [3.05, 3.63) is 10.6 Å². The number of hydrogen-bond acceptors (Lipinski definition) is 2. The molecule has 1 aromatic heterocycles. The third-order valence-corrected chi connectivity index (χ3v) is 2.19. The molecule has 0 unspecified atom stereocenters. The Morgan fingerprint density at radius 1 is 1.42 bits per heavy atom. The maximum atomic E-state index is 12.4. The predicted octanol–water partition coefficient (Wildman–Crippen LogP) is 1.98. The summed E-state index contributed by atoms with van der Waals surface area (Å²) in [6.45, 7) is 0. The normalized spacial score (nSPS) is 22.2. The third kappa shape index (κ3) is 1.26. The zero-order valence-electron chi connectivity index (χ0n) is 6.10. The summed E-state index contributed by atoms with van der Waals surface area (Å²) in [5, 5.41) is 5.25. The summed E-state index contributed by atoms with van der Waals surface area (Å²) in [5.74, 6) is -2.11. The van der Waals surface area contributed by atoms with Crippen molar-refractivity contribution in [1.29, 1.82) is 0 Å². The van der Waals surface area contributed by atoms with E-state index >= 15 is 0 Å². The zero-order valence-corrected chi connectivity index (χ0v) is 6.92. The highest BCUT2D eigenvalue weighted by molar-refractivity contribution is 7.71. The van der Waals surface area contributed by atoms with Crippen LogP contribution in [0.3, 0.4) is 0 Å². The molecule has 0 radical (unpaired) electrons. The van der Waals surface area contributed by atoms with E-state index in [0.717, 1.165) is 0 Å². The Kier molecular flexibility index (Phi) is 1.54. The van der Waals surface area contributed by atoms with Crippen molar-refractivity contribution in [2.45, 2.75) is 24.7 Å². The van der Waals surface area contributed by atoms with E-state index < -0.39 is 5.92 Å². The van der Waals surface area contributed by atoms with E-state index in [1.54, 1.807) is 0 Å². The highest BCUT2D eigenvalue weighted by Crippen LogP contribution is 2.46. The molecular weight excluding hydrogens is 184 g/mol. The standard InChI is InChI=1S/C6H7F2N3S/c7-6(8)1-3(2-6)4-9-5(12)11-10-4/h3H,1-2H2,(H2,9,10,11,12). The highest BCUT2D eigenvalue weighted by Gasteiger charge is 2.47. The van der Waals surface area contributed by atoms with E-state index in [1.807, 2.05) is 0 Å². The molecule has 0 atom stereocenters. The van der Waals surface area contributed by atoms with Gasteiger partial charge in [-0.05, 0) is 12.2 Å². The molecule has 3 nitrogen and oxygen atoms in total. The molecular formula is C6H7F2N3S. The van der Waals surface area contributed by atoms with Crippen molar-refractivity contribution >= 4 is 12.2 Å². The number of nitrogens with zero attached hydrogens (tertiary/aromatic N) is 1. The summed E-state index contributed by atoms with van der Waals surface area (Å²) >= 11 is 4.70. The number of nitrogens with one attached hydrogen (secondary N) is 2. The largest absolute Gasteiger partial charge is 0.285 e. The Hall–Kier alpha value is -0.780. The van der Waals surface area contributed by atoms with Gasteiger partial charge in [-0.1, -0.05) is 0 Å². The molecule has 0 spiro atoms. The van der Waals surface area contributed by atoms with Gasteiger partial charge in [0.1, 0.15) is 5.82 Å². The average molecular weight is 191 g/mol. The number of hydrogen-bond donors (Lipinski definition) is 2. The van der Waals surface area contributed by atoms with Gasteiger partial charge in [0.05, 0.1) is 0 Å². The first-order valence-corrected chi connectivity index (χ1v) is 4.00. The van der Waals surface area contributed by atoms with Crippen LogP contribution in [0, 0.1) is 4.77 Å². The van der Waals surface area contributed by atoms with Crippen LogP contribution in [0.4, 0.5) is 8.78 Å². The summed E-state index contributed by atoms with van der Waals surface area (Å²) in [4.78, 5) is 3.87. The summed E-state index contributed by atoms with van der Waals surface area (Å²) in [7, 11) is 0. The van der Waals surface area contributed by atoms with E-state index in [2.05, 4.69) is 15.2 Å². The minimum atomic E-state index is -2.50. The number of aromatic amines is 2. The summed E-state index contributed by atoms with van der Waals surface area (Å²) in [5.41, 5.74) is 0. The summed E-state index contributed by atoms with van der Waals surface area (Å²) in [6, 6.07) is 0. The van der Waals surface area contributed by atoms with Gasteiger partial charge in [-0.25, -0.2) is 13.8 Å². The van der Waals surface area contributed by atoms with E-state index in [4.69, 9.17) is 12.2 Å². The fourth-order valence-corrected chi connectivity index (χ4v) is 1.48. The van der Waals surface area contributed by atoms with Crippen molar-refractivity contribution in [1.82, 2.24) is 15.2 Å². The maximum absolute atomic E-state index is 12.4. The molecule has 1 aliphatic carbocycles. The summed E-state index contributed by atoms with van der Waals surface area (Å²) in [6.07, 6.45) is -0.244. The monoisotopic (exact) mass is 191 g/mol. The zero-order chi connectivity index (χ0) is 8.77. The van der Waals surface area contributed by atoms with Gasteiger partial charge in [0.25, 0.3) is 0 Å². The Morgan fingerprint density at radius 3 is 2.50 bits per heavy atom. The van der Waals surface area contributed by atoms with Crippen LogP contribution in [-0.4, -0.2) is 21.1 Å². The van der Waals surface area contributed by atoms with Crippen LogP contribution in [0.15, 0.2) is 0 Å². The lowest BCUT2D eigenvalue weighted by Gasteiger charge is -2.33. The van der Waals surface area contributed by atoms with Gasteiger partial charge in [-0.3, -0.25) is 10.2 Å². The first-order chi connectivity index (χ1) is 5.57. The SMILES string of the molecule is FC1(F)CC(c2nc(=S)[nH][nH]2)C1. The molecule has 1 heterocycles. The second-order valence-corrected chi connectivity index (χ2v) is 3.40. The number of alkyl halides is 2. The van der Waals surface area contributed by atoms with Crippen molar-refractivity contribution < 1.29 is 8.78 Å². The Morgan fingerprint density at radius 2 is 2.08 bits per heavy atom. The van der Waals surface area contributed by atoms with Crippen LogP contribution in [0.5, 0.6) is 0 Å². The minimum Gasteiger partial charge on any atom is -0.285 e. The van der Waals surface area contributed by atoms with Gasteiger partial charge in [0.15, 0.2) is 0 Å². The van der Waals surface area contributed by atoms with Gasteiger partial charge in [0, 0.05) is 18.8 Å². The van der Waals surface area contributed by atoms with Crippen molar-refractivity contribution in [3.63, 3.8) is 0 Å². The number of halogens is 2. The molecule has 0 bridgehead atoms. The molecule has 2 N–H and O–H groups in total. The topological polar surface area (TPSA) is 44.5 Å². The summed E-state index contributed by atoms with van der Waals surface area (Å²) < 4.78 is 25.1. The van der Waals surface area contributed by atoms with Crippen molar-refractivity contribution in [3.8, 4) is 0 Å². The van der Waals surface area contributed by atoms with Gasteiger partial charge >= 0.3 is 0 Å². The molecule has 0 aliphatic heterocycles. The van der Waals surface area contributed by atoms with Gasteiger partial charge in [-0.15, -0.1) is 0 Å². The molecule has 1 aromatic rings. The lowest BCUT2D eigenvalue weighted by Crippen LogP contribution is -2.34. The molecule has 0 aromatic carbocycles. The molecule has 6 heteroatoms. The molecule has 0 amide bonds. The second kappa shape index (κ2) is 2.35. The second-order valence-electron chi connectivity index (χ2n) is 3.01. The fourth-order valence-electron chi connectivity index (χ4n) is 1.33. The van der Waals surface area contributed by atoms with Gasteiger partial charge in [0.2, 0.25) is 10.7 Å². The van der Waals surface area contributed by atoms with Crippen LogP contribution < -0.4 is 0 Å². The molecule has 1 saturated carbocycles. The van der Waals surface area contributed by atoms with Gasteiger partial charge < -0.3 is 0 Å². The van der Waals surface area contributed by atoms with Crippen molar-refractivity contribution in [2.75, 3.05) is 0 Å². The Balaban J connectivity index is 2.10. The lowest BCUT2D eigenvalue weighted by atomic mass is 9.81. The number of H-pyrrole nitrogens is 2. The van der Waals surface area contributed by atoms with E-state index in [1.165, 1.54) is 0 Å². The average Bonchev–Trinajstić information content (AvgIpc) is 2.30.